The number of nitrogens with zero attached hydrogens (tertiary/aromatic N) is 2. The summed E-state index contributed by atoms with van der Waals surface area (Å²) in [5.74, 6) is 0.749. The van der Waals surface area contributed by atoms with E-state index in [0.717, 1.165) is 0 Å². The molecule has 0 aliphatic carbocycles. The third kappa shape index (κ3) is 4.26. The number of nitrogen functional groups attached to an aromatic ring is 1. The summed E-state index contributed by atoms with van der Waals surface area (Å²) in [5.41, 5.74) is 5.47. The quantitative estimate of drug-likeness (QED) is 0.745. The highest BCUT2D eigenvalue weighted by Gasteiger charge is 2.20. The van der Waals surface area contributed by atoms with Gasteiger partial charge in [-0.25, -0.2) is 9.78 Å². The number of methoxy groups -OCH3 is 1. The zero-order valence-corrected chi connectivity index (χ0v) is 10.3. The van der Waals surface area contributed by atoms with Crippen LogP contribution in [-0.4, -0.2) is 29.1 Å². The lowest BCUT2D eigenvalue weighted by Gasteiger charge is -2.18. The van der Waals surface area contributed by atoms with Crippen LogP contribution in [0.3, 0.4) is 0 Å². The minimum absolute atomic E-state index is 0.170. The molecule has 0 radical (unpaired) electrons. The van der Waals surface area contributed by atoms with E-state index in [4.69, 9.17) is 10.5 Å². The average molecular weight is 238 g/mol. The molecule has 6 heteroatoms. The molecule has 0 amide bonds. The maximum atomic E-state index is 11.6. The molecule has 6 nitrogen and oxygen atoms in total. The molecular weight excluding hydrogens is 220 g/mol. The Morgan fingerprint density at radius 3 is 2.82 bits per heavy atom. The molecule has 1 unspecified atom stereocenters. The highest BCUT2D eigenvalue weighted by atomic mass is 16.5. The lowest BCUT2D eigenvalue weighted by atomic mass is 10.0. The summed E-state index contributed by atoms with van der Waals surface area (Å²) < 4.78 is 4.74. The fourth-order valence-corrected chi connectivity index (χ4v) is 1.46. The van der Waals surface area contributed by atoms with Gasteiger partial charge in [0.05, 0.1) is 7.11 Å². The molecule has 1 heterocycles. The standard InChI is InChI=1S/C11H18N4O2/c1-7(2)6-8(10(16)17-3)14-9-4-5-13-11(12)15-9/h4-5,7-8H,6H2,1-3H3,(H3,12,13,14,15). The molecule has 0 fully saturated rings. The Balaban J connectivity index is 2.75. The number of rotatable bonds is 5. The Labute approximate surface area is 101 Å². The number of esters is 1. The van der Waals surface area contributed by atoms with Crippen molar-refractivity contribution in [1.82, 2.24) is 9.97 Å². The zero-order valence-electron chi connectivity index (χ0n) is 10.3. The third-order valence-corrected chi connectivity index (χ3v) is 2.19. The average Bonchev–Trinajstić information content (AvgIpc) is 2.26. The van der Waals surface area contributed by atoms with Crippen LogP contribution in [0.15, 0.2) is 12.3 Å². The van der Waals surface area contributed by atoms with E-state index in [1.54, 1.807) is 6.07 Å². The minimum atomic E-state index is -0.422. The number of carbonyl (C=O) groups is 1. The Morgan fingerprint density at radius 1 is 1.59 bits per heavy atom. The Morgan fingerprint density at radius 2 is 2.29 bits per heavy atom. The highest BCUT2D eigenvalue weighted by molar-refractivity contribution is 5.78. The van der Waals surface area contributed by atoms with E-state index in [1.165, 1.54) is 13.3 Å². The van der Waals surface area contributed by atoms with Crippen LogP contribution in [-0.2, 0) is 9.53 Å². The first-order chi connectivity index (χ1) is 8.02. The van der Waals surface area contributed by atoms with Crippen molar-refractivity contribution in [3.05, 3.63) is 12.3 Å². The number of anilines is 2. The topological polar surface area (TPSA) is 90.1 Å². The summed E-state index contributed by atoms with van der Waals surface area (Å²) in [7, 11) is 1.37. The Bertz CT molecular complexity index is 381. The number of nitrogens with two attached hydrogens (primary N) is 1. The predicted molar refractivity (Wildman–Crippen MR) is 65.3 cm³/mol. The van der Waals surface area contributed by atoms with Gasteiger partial charge in [0.15, 0.2) is 0 Å². The maximum absolute atomic E-state index is 11.6. The number of hydrogen-bond donors (Lipinski definition) is 2. The molecule has 94 valence electrons. The summed E-state index contributed by atoms with van der Waals surface area (Å²) in [6.07, 6.45) is 2.20. The summed E-state index contributed by atoms with van der Waals surface area (Å²) in [4.78, 5) is 19.3. The molecule has 1 atom stereocenters. The Hall–Kier alpha value is -1.85. The fraction of sp³-hybridized carbons (Fsp3) is 0.545. The lowest BCUT2D eigenvalue weighted by Crippen LogP contribution is -2.32. The molecule has 0 spiro atoms. The van der Waals surface area contributed by atoms with Gasteiger partial charge in [0, 0.05) is 6.20 Å². The van der Waals surface area contributed by atoms with Gasteiger partial charge < -0.3 is 15.8 Å². The first-order valence-corrected chi connectivity index (χ1v) is 5.45. The summed E-state index contributed by atoms with van der Waals surface area (Å²) >= 11 is 0. The van der Waals surface area contributed by atoms with E-state index < -0.39 is 6.04 Å². The molecular formula is C11H18N4O2. The second-order valence-electron chi connectivity index (χ2n) is 4.15. The van der Waals surface area contributed by atoms with E-state index in [0.29, 0.717) is 18.2 Å². The fourth-order valence-electron chi connectivity index (χ4n) is 1.46. The largest absolute Gasteiger partial charge is 0.467 e. The monoisotopic (exact) mass is 238 g/mol. The second kappa shape index (κ2) is 6.03. The van der Waals surface area contributed by atoms with Crippen molar-refractivity contribution in [3.8, 4) is 0 Å². The molecule has 0 aliphatic rings. The molecule has 1 rings (SSSR count). The number of hydrogen-bond acceptors (Lipinski definition) is 6. The minimum Gasteiger partial charge on any atom is -0.467 e. The molecule has 17 heavy (non-hydrogen) atoms. The van der Waals surface area contributed by atoms with Crippen LogP contribution in [0.25, 0.3) is 0 Å². The van der Waals surface area contributed by atoms with E-state index >= 15 is 0 Å². The summed E-state index contributed by atoms with van der Waals surface area (Å²) in [5, 5.41) is 3.00. The van der Waals surface area contributed by atoms with Crippen molar-refractivity contribution in [2.75, 3.05) is 18.2 Å². The normalized spacial score (nSPS) is 12.2. The van der Waals surface area contributed by atoms with Crippen LogP contribution in [0.2, 0.25) is 0 Å². The van der Waals surface area contributed by atoms with Gasteiger partial charge in [-0.3, -0.25) is 0 Å². The van der Waals surface area contributed by atoms with Crippen LogP contribution in [0.1, 0.15) is 20.3 Å². The van der Waals surface area contributed by atoms with Crippen molar-refractivity contribution >= 4 is 17.7 Å². The number of ether oxygens (including phenoxy) is 1. The second-order valence-corrected chi connectivity index (χ2v) is 4.15. The van der Waals surface area contributed by atoms with Gasteiger partial charge in [0.2, 0.25) is 5.95 Å². The van der Waals surface area contributed by atoms with E-state index in [9.17, 15) is 4.79 Å². The highest BCUT2D eigenvalue weighted by Crippen LogP contribution is 2.12. The first kappa shape index (κ1) is 13.2. The van der Waals surface area contributed by atoms with Crippen molar-refractivity contribution in [3.63, 3.8) is 0 Å². The molecule has 0 aliphatic heterocycles. The van der Waals surface area contributed by atoms with Gasteiger partial charge in [-0.05, 0) is 18.4 Å². The third-order valence-electron chi connectivity index (χ3n) is 2.19. The lowest BCUT2D eigenvalue weighted by molar-refractivity contribution is -0.141. The molecule has 0 saturated heterocycles. The smallest absolute Gasteiger partial charge is 0.328 e. The van der Waals surface area contributed by atoms with E-state index in [1.807, 2.05) is 13.8 Å². The number of aromatic nitrogens is 2. The molecule has 0 aromatic carbocycles. The number of nitrogens with one attached hydrogen (secondary N) is 1. The van der Waals surface area contributed by atoms with E-state index in [2.05, 4.69) is 15.3 Å². The maximum Gasteiger partial charge on any atom is 0.328 e. The van der Waals surface area contributed by atoms with Gasteiger partial charge in [-0.2, -0.15) is 4.98 Å². The van der Waals surface area contributed by atoms with Gasteiger partial charge in [-0.1, -0.05) is 13.8 Å². The molecule has 1 aromatic rings. The summed E-state index contributed by atoms with van der Waals surface area (Å²) in [6, 6.07) is 1.24. The molecule has 3 N–H and O–H groups in total. The molecule has 1 aromatic heterocycles. The SMILES string of the molecule is COC(=O)C(CC(C)C)Nc1ccnc(N)n1. The summed E-state index contributed by atoms with van der Waals surface area (Å²) in [6.45, 7) is 4.07. The van der Waals surface area contributed by atoms with E-state index in [-0.39, 0.29) is 11.9 Å². The van der Waals surface area contributed by atoms with Crippen LogP contribution < -0.4 is 11.1 Å². The van der Waals surface area contributed by atoms with Crippen LogP contribution in [0.4, 0.5) is 11.8 Å². The van der Waals surface area contributed by atoms with Crippen LogP contribution in [0.5, 0.6) is 0 Å². The van der Waals surface area contributed by atoms with Crippen LogP contribution in [0, 0.1) is 5.92 Å². The Kier molecular flexibility index (Phi) is 4.68. The molecule has 0 bridgehead atoms. The van der Waals surface area contributed by atoms with Crippen molar-refractivity contribution in [2.45, 2.75) is 26.3 Å². The number of carbonyl (C=O) groups excluding carboxylic acids is 1. The van der Waals surface area contributed by atoms with Gasteiger partial charge >= 0.3 is 5.97 Å². The zero-order chi connectivity index (χ0) is 12.8. The molecule has 0 saturated carbocycles. The first-order valence-electron chi connectivity index (χ1n) is 5.45. The predicted octanol–water partition coefficient (Wildman–Crippen LogP) is 1.06. The van der Waals surface area contributed by atoms with Gasteiger partial charge in [0.1, 0.15) is 11.9 Å². The van der Waals surface area contributed by atoms with Gasteiger partial charge in [0.25, 0.3) is 0 Å². The van der Waals surface area contributed by atoms with Crippen LogP contribution >= 0.6 is 0 Å². The van der Waals surface area contributed by atoms with Gasteiger partial charge in [-0.15, -0.1) is 0 Å². The van der Waals surface area contributed by atoms with Crippen molar-refractivity contribution in [1.29, 1.82) is 0 Å². The van der Waals surface area contributed by atoms with Crippen molar-refractivity contribution in [2.24, 2.45) is 5.92 Å². The van der Waals surface area contributed by atoms with Crippen molar-refractivity contribution < 1.29 is 9.53 Å².